The fraction of sp³-hybridized carbons (Fsp3) is 0.276. The zero-order valence-electron chi connectivity index (χ0n) is 20.5. The van der Waals surface area contributed by atoms with Crippen LogP contribution >= 0.6 is 0 Å². The van der Waals surface area contributed by atoms with Crippen molar-refractivity contribution in [1.29, 1.82) is 0 Å². The molecule has 0 spiro atoms. The monoisotopic (exact) mass is 478 g/mol. The van der Waals surface area contributed by atoms with Gasteiger partial charge in [-0.1, -0.05) is 51.8 Å². The Balaban J connectivity index is 1.75. The molecule has 0 atom stereocenters. The number of hydrogen-bond donors (Lipinski definition) is 1. The summed E-state index contributed by atoms with van der Waals surface area (Å²) in [6, 6.07) is 14.4. The highest BCUT2D eigenvalue weighted by molar-refractivity contribution is 6.06. The van der Waals surface area contributed by atoms with Gasteiger partial charge in [-0.3, -0.25) is 4.79 Å². The van der Waals surface area contributed by atoms with Crippen LogP contribution in [0.2, 0.25) is 0 Å². The first-order chi connectivity index (χ1) is 16.8. The largest absolute Gasteiger partial charge is 0.495 e. The van der Waals surface area contributed by atoms with Crippen LogP contribution in [0.15, 0.2) is 91.4 Å². The molecule has 0 aliphatic carbocycles. The second-order valence-corrected chi connectivity index (χ2v) is 7.99. The summed E-state index contributed by atoms with van der Waals surface area (Å²) < 4.78 is 22.1. The summed E-state index contributed by atoms with van der Waals surface area (Å²) in [6.45, 7) is 16.5. The third-order valence-corrected chi connectivity index (χ3v) is 4.94. The molecule has 6 heteroatoms. The highest BCUT2D eigenvalue weighted by Crippen LogP contribution is 2.16. The Morgan fingerprint density at radius 3 is 1.94 bits per heavy atom. The van der Waals surface area contributed by atoms with Crippen LogP contribution in [-0.2, 0) is 9.47 Å². The van der Waals surface area contributed by atoms with Crippen molar-refractivity contribution < 1.29 is 28.8 Å². The number of aliphatic hydroxyl groups is 1. The van der Waals surface area contributed by atoms with Crippen molar-refractivity contribution in [1.82, 2.24) is 0 Å². The van der Waals surface area contributed by atoms with E-state index in [2.05, 4.69) is 19.7 Å². The molecule has 0 radical (unpaired) electrons. The molecule has 1 N–H and O–H groups in total. The minimum absolute atomic E-state index is 0.102. The number of allylic oxidation sites excluding steroid dienone is 2. The van der Waals surface area contributed by atoms with Gasteiger partial charge in [0.1, 0.15) is 43.7 Å². The van der Waals surface area contributed by atoms with Crippen LogP contribution < -0.4 is 9.47 Å². The molecule has 0 heterocycles. The number of aliphatic hydroxyl groups excluding tert-OH is 1. The average molecular weight is 479 g/mol. The Hall–Kier alpha value is -3.77. The third-order valence-electron chi connectivity index (χ3n) is 4.94. The van der Waals surface area contributed by atoms with E-state index in [4.69, 9.17) is 24.1 Å². The number of carbonyl (C=O) groups excluding carboxylic acids is 1. The van der Waals surface area contributed by atoms with Crippen LogP contribution in [0.4, 0.5) is 0 Å². The fourth-order valence-electron chi connectivity index (χ4n) is 2.67. The lowest BCUT2D eigenvalue weighted by atomic mass is 10.1. The number of benzene rings is 2. The molecule has 0 saturated heterocycles. The first-order valence-electron chi connectivity index (χ1n) is 11.4. The second kappa shape index (κ2) is 14.5. The van der Waals surface area contributed by atoms with E-state index in [9.17, 15) is 4.79 Å². The van der Waals surface area contributed by atoms with Gasteiger partial charge in [-0.25, -0.2) is 0 Å². The van der Waals surface area contributed by atoms with Crippen molar-refractivity contribution in [2.45, 2.75) is 13.8 Å². The molecule has 2 aromatic carbocycles. The predicted molar refractivity (Wildman–Crippen MR) is 138 cm³/mol. The highest BCUT2D eigenvalue weighted by Gasteiger charge is 2.04. The summed E-state index contributed by atoms with van der Waals surface area (Å²) >= 11 is 0. The van der Waals surface area contributed by atoms with Gasteiger partial charge in [0.05, 0.1) is 12.4 Å². The lowest BCUT2D eigenvalue weighted by Gasteiger charge is -2.12. The Bertz CT molecular complexity index is 1020. The van der Waals surface area contributed by atoms with E-state index in [1.54, 1.807) is 30.3 Å². The molecule has 0 aliphatic heterocycles. The van der Waals surface area contributed by atoms with Gasteiger partial charge in [0, 0.05) is 17.1 Å². The van der Waals surface area contributed by atoms with Gasteiger partial charge in [0.15, 0.2) is 5.78 Å². The number of carbonyl (C=O) groups is 1. The van der Waals surface area contributed by atoms with E-state index < -0.39 is 0 Å². The van der Waals surface area contributed by atoms with E-state index in [1.807, 2.05) is 38.1 Å². The SMILES string of the molecule is C=C(CO)C(=C)OCCOc1ccc(/C=C/C(=O)c2ccc(OCCOC(=C)C(C)C)cc2)cc1. The van der Waals surface area contributed by atoms with Crippen molar-refractivity contribution >= 4 is 11.9 Å². The molecule has 0 bridgehead atoms. The summed E-state index contributed by atoms with van der Waals surface area (Å²) in [6.07, 6.45) is 3.29. The molecular formula is C29H34O6. The van der Waals surface area contributed by atoms with E-state index >= 15 is 0 Å². The lowest BCUT2D eigenvalue weighted by Crippen LogP contribution is -2.08. The summed E-state index contributed by atoms with van der Waals surface area (Å²) in [7, 11) is 0. The van der Waals surface area contributed by atoms with Crippen molar-refractivity contribution in [2.75, 3.05) is 33.0 Å². The Kier molecular flexibility index (Phi) is 11.4. The molecule has 0 saturated carbocycles. The quantitative estimate of drug-likeness (QED) is 0.111. The summed E-state index contributed by atoms with van der Waals surface area (Å²) in [5.41, 5.74) is 1.88. The summed E-state index contributed by atoms with van der Waals surface area (Å²) in [4.78, 5) is 12.5. The first-order valence-corrected chi connectivity index (χ1v) is 11.4. The van der Waals surface area contributed by atoms with Crippen LogP contribution in [0, 0.1) is 5.92 Å². The van der Waals surface area contributed by atoms with Gasteiger partial charge < -0.3 is 24.1 Å². The highest BCUT2D eigenvalue weighted by atomic mass is 16.5. The van der Waals surface area contributed by atoms with Gasteiger partial charge in [-0.2, -0.15) is 0 Å². The zero-order chi connectivity index (χ0) is 25.6. The normalized spacial score (nSPS) is 10.7. The van der Waals surface area contributed by atoms with Crippen molar-refractivity contribution in [3.8, 4) is 11.5 Å². The molecule has 2 rings (SSSR count). The fourth-order valence-corrected chi connectivity index (χ4v) is 2.67. The smallest absolute Gasteiger partial charge is 0.185 e. The van der Waals surface area contributed by atoms with E-state index in [0.29, 0.717) is 54.8 Å². The number of hydrogen-bond acceptors (Lipinski definition) is 6. The third kappa shape index (κ3) is 9.94. The Morgan fingerprint density at radius 2 is 1.40 bits per heavy atom. The number of ketones is 1. The van der Waals surface area contributed by atoms with Crippen LogP contribution in [0.3, 0.4) is 0 Å². The maximum atomic E-state index is 12.5. The van der Waals surface area contributed by atoms with Crippen LogP contribution in [-0.4, -0.2) is 43.9 Å². The molecule has 2 aromatic rings. The maximum Gasteiger partial charge on any atom is 0.185 e. The van der Waals surface area contributed by atoms with Gasteiger partial charge in [-0.05, 0) is 48.0 Å². The minimum Gasteiger partial charge on any atom is -0.495 e. The molecule has 0 amide bonds. The Morgan fingerprint density at radius 1 is 0.857 bits per heavy atom. The lowest BCUT2D eigenvalue weighted by molar-refractivity contribution is 0.104. The molecule has 0 aromatic heterocycles. The molecule has 0 fully saturated rings. The first kappa shape index (κ1) is 27.5. The van der Waals surface area contributed by atoms with E-state index in [-0.39, 0.29) is 18.3 Å². The van der Waals surface area contributed by atoms with Gasteiger partial charge in [0.25, 0.3) is 0 Å². The summed E-state index contributed by atoms with van der Waals surface area (Å²) in [5.74, 6) is 2.61. The van der Waals surface area contributed by atoms with Crippen molar-refractivity contribution in [3.63, 3.8) is 0 Å². The summed E-state index contributed by atoms with van der Waals surface area (Å²) in [5, 5.41) is 8.97. The average Bonchev–Trinajstić information content (AvgIpc) is 2.87. The Labute approximate surface area is 207 Å². The molecular weight excluding hydrogens is 444 g/mol. The van der Waals surface area contributed by atoms with Crippen molar-refractivity contribution in [3.05, 3.63) is 103 Å². The van der Waals surface area contributed by atoms with Gasteiger partial charge >= 0.3 is 0 Å². The van der Waals surface area contributed by atoms with Gasteiger partial charge in [0.2, 0.25) is 0 Å². The van der Waals surface area contributed by atoms with E-state index in [0.717, 1.165) is 11.3 Å². The number of rotatable bonds is 16. The van der Waals surface area contributed by atoms with Crippen LogP contribution in [0.1, 0.15) is 29.8 Å². The standard InChI is InChI=1S/C29H34O6/c1-21(2)23(4)32-16-18-35-28-13-9-26(10-14-28)29(31)15-8-25-6-11-27(12-7-25)34-19-17-33-24(5)22(3)20-30/h6-15,21,30H,3-5,16-20H2,1-2H3/b15-8+. The minimum atomic E-state index is -0.192. The second-order valence-electron chi connectivity index (χ2n) is 7.99. The molecule has 35 heavy (non-hydrogen) atoms. The molecule has 186 valence electrons. The van der Waals surface area contributed by atoms with Crippen LogP contribution in [0.25, 0.3) is 6.08 Å². The molecule has 0 unspecified atom stereocenters. The predicted octanol–water partition coefficient (Wildman–Crippen LogP) is 5.61. The van der Waals surface area contributed by atoms with Gasteiger partial charge in [-0.15, -0.1) is 0 Å². The number of ether oxygens (including phenoxy) is 4. The van der Waals surface area contributed by atoms with Crippen LogP contribution in [0.5, 0.6) is 11.5 Å². The molecule has 0 aliphatic rings. The van der Waals surface area contributed by atoms with Crippen molar-refractivity contribution in [2.24, 2.45) is 5.92 Å². The van der Waals surface area contributed by atoms with E-state index in [1.165, 1.54) is 6.08 Å². The topological polar surface area (TPSA) is 74.2 Å². The molecule has 6 nitrogen and oxygen atoms in total. The zero-order valence-corrected chi connectivity index (χ0v) is 20.5. The maximum absolute atomic E-state index is 12.5.